The maximum atomic E-state index is 5.36. The third-order valence-electron chi connectivity index (χ3n) is 12.6. The highest BCUT2D eigenvalue weighted by atomic mass is 15.0. The van der Waals surface area contributed by atoms with Gasteiger partial charge in [-0.05, 0) is 60.7 Å². The number of nitrogens with zero attached hydrogens (tertiary/aromatic N) is 5. The van der Waals surface area contributed by atoms with Crippen molar-refractivity contribution < 1.29 is 0 Å². The van der Waals surface area contributed by atoms with Crippen LogP contribution < -0.4 is 0 Å². The summed E-state index contributed by atoms with van der Waals surface area (Å²) in [6.07, 6.45) is 0. The van der Waals surface area contributed by atoms with Crippen molar-refractivity contribution in [3.8, 4) is 51.0 Å². The molecule has 0 N–H and O–H groups in total. The van der Waals surface area contributed by atoms with E-state index in [-0.39, 0.29) is 0 Å². The molecule has 0 saturated carbocycles. The maximum Gasteiger partial charge on any atom is 0.160 e. The molecule has 9 aromatic carbocycles. The second-order valence-corrected chi connectivity index (χ2v) is 16.2. The van der Waals surface area contributed by atoms with Crippen molar-refractivity contribution in [3.05, 3.63) is 224 Å². The Labute approximate surface area is 363 Å². The van der Waals surface area contributed by atoms with E-state index in [0.29, 0.717) is 5.82 Å². The van der Waals surface area contributed by atoms with Crippen LogP contribution in [0.5, 0.6) is 0 Å². The quantitative estimate of drug-likeness (QED) is 0.168. The summed E-state index contributed by atoms with van der Waals surface area (Å²) in [6, 6.07) is 80.2. The zero-order valence-corrected chi connectivity index (χ0v) is 34.1. The first-order valence-corrected chi connectivity index (χ1v) is 21.4. The van der Waals surface area contributed by atoms with Gasteiger partial charge in [0.1, 0.15) is 0 Å². The van der Waals surface area contributed by atoms with Gasteiger partial charge in [-0.2, -0.15) is 0 Å². The lowest BCUT2D eigenvalue weighted by molar-refractivity contribution is 1.15. The average Bonchev–Trinajstić information content (AvgIpc) is 4.00. The van der Waals surface area contributed by atoms with Crippen molar-refractivity contribution in [2.24, 2.45) is 0 Å². The standard InChI is InChI=1S/C58H37N5/c1-5-18-38(19-6-1)49-37-50(60-58(59-49)39-20-7-2-8-21-39)47-28-17-29-48-55-53(62(56(47)48)41-24-11-4-12-25-41)35-34-46-44-27-14-16-31-52(44)63(57(46)55)42-32-33-45-43-26-13-15-30-51(43)61(54(45)36-42)40-22-9-3-10-23-40/h1-37H. The molecule has 13 rings (SSSR count). The van der Waals surface area contributed by atoms with Crippen molar-refractivity contribution in [1.82, 2.24) is 23.7 Å². The van der Waals surface area contributed by atoms with Crippen molar-refractivity contribution in [2.75, 3.05) is 0 Å². The van der Waals surface area contributed by atoms with Gasteiger partial charge in [-0.25, -0.2) is 9.97 Å². The summed E-state index contributed by atoms with van der Waals surface area (Å²) >= 11 is 0. The fraction of sp³-hybridized carbons (Fsp3) is 0. The minimum Gasteiger partial charge on any atom is -0.309 e. The molecule has 0 aliphatic rings. The third kappa shape index (κ3) is 5.43. The molecule has 0 unspecified atom stereocenters. The van der Waals surface area contributed by atoms with Crippen LogP contribution in [0.3, 0.4) is 0 Å². The van der Waals surface area contributed by atoms with Crippen LogP contribution in [0, 0.1) is 0 Å². The van der Waals surface area contributed by atoms with Gasteiger partial charge < -0.3 is 13.7 Å². The largest absolute Gasteiger partial charge is 0.309 e. The van der Waals surface area contributed by atoms with Crippen molar-refractivity contribution >= 4 is 65.4 Å². The van der Waals surface area contributed by atoms with Gasteiger partial charge in [0, 0.05) is 66.1 Å². The molecule has 0 amide bonds. The lowest BCUT2D eigenvalue weighted by Crippen LogP contribution is -1.99. The van der Waals surface area contributed by atoms with Gasteiger partial charge in [-0.1, -0.05) is 164 Å². The predicted molar refractivity (Wildman–Crippen MR) is 261 cm³/mol. The third-order valence-corrected chi connectivity index (χ3v) is 12.6. The molecule has 0 radical (unpaired) electrons. The highest BCUT2D eigenvalue weighted by molar-refractivity contribution is 6.27. The number of aromatic nitrogens is 5. The van der Waals surface area contributed by atoms with Crippen molar-refractivity contribution in [2.45, 2.75) is 0 Å². The Hall–Kier alpha value is -8.54. The minimum absolute atomic E-state index is 0.692. The van der Waals surface area contributed by atoms with E-state index < -0.39 is 0 Å². The van der Waals surface area contributed by atoms with Gasteiger partial charge in [-0.15, -0.1) is 0 Å². The molecular weight excluding hydrogens is 767 g/mol. The Kier molecular flexibility index (Phi) is 7.84. The number of fused-ring (bicyclic) bond motifs is 10. The lowest BCUT2D eigenvalue weighted by atomic mass is 10.0. The van der Waals surface area contributed by atoms with Crippen LogP contribution in [0.1, 0.15) is 0 Å². The Morgan fingerprint density at radius 3 is 1.52 bits per heavy atom. The summed E-state index contributed by atoms with van der Waals surface area (Å²) in [5.74, 6) is 0.692. The predicted octanol–water partition coefficient (Wildman–Crippen LogP) is 14.8. The molecule has 0 bridgehead atoms. The van der Waals surface area contributed by atoms with Crippen LogP contribution >= 0.6 is 0 Å². The Balaban J connectivity index is 1.15. The molecule has 0 aliphatic heterocycles. The van der Waals surface area contributed by atoms with Crippen LogP contribution in [-0.4, -0.2) is 23.7 Å². The molecular formula is C58H37N5. The van der Waals surface area contributed by atoms with Crippen LogP contribution in [-0.2, 0) is 0 Å². The molecule has 0 saturated heterocycles. The molecule has 294 valence electrons. The highest BCUT2D eigenvalue weighted by Crippen LogP contribution is 2.45. The molecule has 4 aromatic heterocycles. The van der Waals surface area contributed by atoms with E-state index in [0.717, 1.165) is 67.1 Å². The van der Waals surface area contributed by atoms with E-state index in [1.807, 2.05) is 24.3 Å². The van der Waals surface area contributed by atoms with E-state index in [9.17, 15) is 0 Å². The Morgan fingerprint density at radius 1 is 0.286 bits per heavy atom. The minimum atomic E-state index is 0.692. The molecule has 63 heavy (non-hydrogen) atoms. The molecule has 0 spiro atoms. The molecule has 4 heterocycles. The van der Waals surface area contributed by atoms with Crippen LogP contribution in [0.25, 0.3) is 116 Å². The summed E-state index contributed by atoms with van der Waals surface area (Å²) in [5, 5.41) is 7.23. The Morgan fingerprint density at radius 2 is 0.810 bits per heavy atom. The van der Waals surface area contributed by atoms with Crippen molar-refractivity contribution in [1.29, 1.82) is 0 Å². The zero-order chi connectivity index (χ0) is 41.4. The summed E-state index contributed by atoms with van der Waals surface area (Å²) in [6.45, 7) is 0. The average molecular weight is 804 g/mol. The second-order valence-electron chi connectivity index (χ2n) is 16.2. The molecule has 0 atom stereocenters. The van der Waals surface area contributed by atoms with Gasteiger partial charge in [0.05, 0.1) is 44.5 Å². The first-order chi connectivity index (χ1) is 31.3. The molecule has 5 heteroatoms. The number of para-hydroxylation sites is 5. The summed E-state index contributed by atoms with van der Waals surface area (Å²) in [4.78, 5) is 10.5. The zero-order valence-electron chi connectivity index (χ0n) is 34.1. The second kappa shape index (κ2) is 14.0. The summed E-state index contributed by atoms with van der Waals surface area (Å²) in [5.41, 5.74) is 15.0. The normalized spacial score (nSPS) is 11.8. The first kappa shape index (κ1) is 35.2. The van der Waals surface area contributed by atoms with E-state index in [2.05, 4.69) is 214 Å². The fourth-order valence-electron chi connectivity index (χ4n) is 9.94. The smallest absolute Gasteiger partial charge is 0.160 e. The summed E-state index contributed by atoms with van der Waals surface area (Å²) < 4.78 is 7.33. The topological polar surface area (TPSA) is 40.6 Å². The lowest BCUT2D eigenvalue weighted by Gasteiger charge is -2.13. The number of benzene rings is 9. The van der Waals surface area contributed by atoms with Crippen LogP contribution in [0.2, 0.25) is 0 Å². The summed E-state index contributed by atoms with van der Waals surface area (Å²) in [7, 11) is 0. The van der Waals surface area contributed by atoms with Gasteiger partial charge >= 0.3 is 0 Å². The molecule has 13 aromatic rings. The van der Waals surface area contributed by atoms with E-state index >= 15 is 0 Å². The van der Waals surface area contributed by atoms with Crippen LogP contribution in [0.15, 0.2) is 224 Å². The van der Waals surface area contributed by atoms with E-state index in [4.69, 9.17) is 9.97 Å². The van der Waals surface area contributed by atoms with Gasteiger partial charge in [0.15, 0.2) is 5.82 Å². The first-order valence-electron chi connectivity index (χ1n) is 21.4. The number of hydrogen-bond donors (Lipinski definition) is 0. The molecule has 0 fully saturated rings. The van der Waals surface area contributed by atoms with Gasteiger partial charge in [0.2, 0.25) is 0 Å². The van der Waals surface area contributed by atoms with Gasteiger partial charge in [-0.3, -0.25) is 0 Å². The Bertz CT molecular complexity index is 3820. The number of hydrogen-bond acceptors (Lipinski definition) is 2. The monoisotopic (exact) mass is 803 g/mol. The fourth-order valence-corrected chi connectivity index (χ4v) is 9.94. The molecule has 5 nitrogen and oxygen atoms in total. The molecule has 0 aliphatic carbocycles. The van der Waals surface area contributed by atoms with E-state index in [1.165, 1.54) is 43.5 Å². The highest BCUT2D eigenvalue weighted by Gasteiger charge is 2.24. The maximum absolute atomic E-state index is 5.36. The van der Waals surface area contributed by atoms with Crippen LogP contribution in [0.4, 0.5) is 0 Å². The van der Waals surface area contributed by atoms with Crippen molar-refractivity contribution in [3.63, 3.8) is 0 Å². The van der Waals surface area contributed by atoms with Gasteiger partial charge in [0.25, 0.3) is 0 Å². The van der Waals surface area contributed by atoms with E-state index in [1.54, 1.807) is 0 Å². The number of rotatable bonds is 6. The SMILES string of the molecule is c1ccc(-c2cc(-c3cccc4c5c(ccc6c7ccccc7n(-c7ccc8c9ccccc9n(-c9ccccc9)c8c7)c65)n(-c5ccccc5)c34)nc(-c3ccccc3)n2)cc1.